The number of rotatable bonds is 4. The summed E-state index contributed by atoms with van der Waals surface area (Å²) < 4.78 is 12.6. The standard InChI is InChI=1S/C22H21ClN2O3/c1-13-22-18(25(24-13)17-7-5-16(23)6-8-17)10-15(11-19(22)26)14-4-9-20(27-2)21(12-14)28-3/h4-9,12,15H,10-11H2,1-3H3/t15-/m1/s1. The Morgan fingerprint density at radius 2 is 1.75 bits per heavy atom. The Hall–Kier alpha value is -2.79. The first kappa shape index (κ1) is 18.6. The second-order valence-electron chi connectivity index (χ2n) is 6.94. The molecular formula is C22H21ClN2O3. The topological polar surface area (TPSA) is 53.3 Å². The first-order chi connectivity index (χ1) is 13.5. The Balaban J connectivity index is 1.75. The number of hydrogen-bond acceptors (Lipinski definition) is 4. The number of halogens is 1. The van der Waals surface area contributed by atoms with Crippen LogP contribution in [-0.2, 0) is 6.42 Å². The van der Waals surface area contributed by atoms with Crippen LogP contribution in [0, 0.1) is 6.92 Å². The zero-order valence-corrected chi connectivity index (χ0v) is 16.8. The van der Waals surface area contributed by atoms with Crippen LogP contribution in [0.3, 0.4) is 0 Å². The van der Waals surface area contributed by atoms with Gasteiger partial charge in [0.1, 0.15) is 0 Å². The Bertz CT molecular complexity index is 1040. The van der Waals surface area contributed by atoms with Crippen molar-refractivity contribution in [2.45, 2.75) is 25.7 Å². The first-order valence-corrected chi connectivity index (χ1v) is 9.49. The third-order valence-electron chi connectivity index (χ3n) is 5.26. The third kappa shape index (κ3) is 3.16. The van der Waals surface area contributed by atoms with E-state index in [1.165, 1.54) is 0 Å². The molecule has 0 bridgehead atoms. The lowest BCUT2D eigenvalue weighted by Gasteiger charge is -2.24. The van der Waals surface area contributed by atoms with Crippen LogP contribution in [0.25, 0.3) is 5.69 Å². The van der Waals surface area contributed by atoms with E-state index in [4.69, 9.17) is 21.1 Å². The quantitative estimate of drug-likeness (QED) is 0.637. The number of aromatic nitrogens is 2. The second kappa shape index (κ2) is 7.32. The van der Waals surface area contributed by atoms with Gasteiger partial charge in [0.15, 0.2) is 17.3 Å². The number of Topliss-reactive ketones (excluding diaryl/α,β-unsaturated/α-hetero) is 1. The summed E-state index contributed by atoms with van der Waals surface area (Å²) in [6, 6.07) is 13.3. The molecule has 0 saturated carbocycles. The summed E-state index contributed by atoms with van der Waals surface area (Å²) in [4.78, 5) is 12.9. The van der Waals surface area contributed by atoms with E-state index in [0.717, 1.165) is 34.6 Å². The number of methoxy groups -OCH3 is 2. The summed E-state index contributed by atoms with van der Waals surface area (Å²) in [5.74, 6) is 1.53. The molecule has 1 aliphatic carbocycles. The van der Waals surface area contributed by atoms with E-state index in [1.807, 2.05) is 54.1 Å². The average Bonchev–Trinajstić information content (AvgIpc) is 3.05. The molecule has 6 heteroatoms. The second-order valence-corrected chi connectivity index (χ2v) is 7.37. The Kier molecular flexibility index (Phi) is 4.85. The van der Waals surface area contributed by atoms with E-state index < -0.39 is 0 Å². The number of benzene rings is 2. The SMILES string of the molecule is COc1ccc([C@H]2CC(=O)c3c(C)nn(-c4ccc(Cl)cc4)c3C2)cc1OC. The number of carbonyl (C=O) groups excluding carboxylic acids is 1. The molecule has 0 amide bonds. The van der Waals surface area contributed by atoms with Gasteiger partial charge in [-0.2, -0.15) is 5.10 Å². The zero-order chi connectivity index (χ0) is 19.8. The van der Waals surface area contributed by atoms with Crippen LogP contribution in [0.4, 0.5) is 0 Å². The average molecular weight is 397 g/mol. The molecule has 0 fully saturated rings. The maximum atomic E-state index is 12.9. The summed E-state index contributed by atoms with van der Waals surface area (Å²) in [5.41, 5.74) is 4.40. The van der Waals surface area contributed by atoms with Gasteiger partial charge in [-0.1, -0.05) is 17.7 Å². The van der Waals surface area contributed by atoms with Crippen LogP contribution < -0.4 is 9.47 Å². The summed E-state index contributed by atoms with van der Waals surface area (Å²) in [6.45, 7) is 1.89. The Morgan fingerprint density at radius 1 is 1.04 bits per heavy atom. The van der Waals surface area contributed by atoms with E-state index in [1.54, 1.807) is 14.2 Å². The minimum atomic E-state index is 0.0574. The lowest BCUT2D eigenvalue weighted by atomic mass is 9.81. The van der Waals surface area contributed by atoms with Gasteiger partial charge in [-0.3, -0.25) is 4.79 Å². The van der Waals surface area contributed by atoms with Crippen molar-refractivity contribution in [3.8, 4) is 17.2 Å². The highest BCUT2D eigenvalue weighted by Crippen LogP contribution is 2.38. The van der Waals surface area contributed by atoms with Crippen LogP contribution in [0.15, 0.2) is 42.5 Å². The first-order valence-electron chi connectivity index (χ1n) is 9.11. The van der Waals surface area contributed by atoms with Crippen molar-refractivity contribution in [2.75, 3.05) is 14.2 Å². The van der Waals surface area contributed by atoms with E-state index in [9.17, 15) is 4.79 Å². The van der Waals surface area contributed by atoms with E-state index in [0.29, 0.717) is 22.9 Å². The van der Waals surface area contributed by atoms with Crippen molar-refractivity contribution in [1.29, 1.82) is 0 Å². The Labute approximate surface area is 168 Å². The highest BCUT2D eigenvalue weighted by atomic mass is 35.5. The molecule has 144 valence electrons. The predicted octanol–water partition coefficient (Wildman–Crippen LogP) is 4.76. The van der Waals surface area contributed by atoms with Gasteiger partial charge in [0.2, 0.25) is 0 Å². The molecule has 0 radical (unpaired) electrons. The highest BCUT2D eigenvalue weighted by Gasteiger charge is 2.32. The monoisotopic (exact) mass is 396 g/mol. The Morgan fingerprint density at radius 3 is 2.43 bits per heavy atom. The molecule has 0 N–H and O–H groups in total. The number of hydrogen-bond donors (Lipinski definition) is 0. The normalized spacial score (nSPS) is 16.0. The van der Waals surface area contributed by atoms with Gasteiger partial charge >= 0.3 is 0 Å². The van der Waals surface area contributed by atoms with Crippen molar-refractivity contribution in [2.24, 2.45) is 0 Å². The van der Waals surface area contributed by atoms with Gasteiger partial charge in [0, 0.05) is 11.4 Å². The third-order valence-corrected chi connectivity index (χ3v) is 5.51. The molecule has 28 heavy (non-hydrogen) atoms. The molecule has 0 saturated heterocycles. The molecule has 2 aromatic carbocycles. The van der Waals surface area contributed by atoms with E-state index in [2.05, 4.69) is 5.10 Å². The molecule has 1 aromatic heterocycles. The highest BCUT2D eigenvalue weighted by molar-refractivity contribution is 6.30. The lowest BCUT2D eigenvalue weighted by Crippen LogP contribution is -2.20. The fourth-order valence-electron chi connectivity index (χ4n) is 3.90. The van der Waals surface area contributed by atoms with Gasteiger partial charge in [-0.15, -0.1) is 0 Å². The van der Waals surface area contributed by atoms with Crippen LogP contribution in [0.2, 0.25) is 5.02 Å². The lowest BCUT2D eigenvalue weighted by molar-refractivity contribution is 0.0963. The van der Waals surface area contributed by atoms with Gasteiger partial charge in [0.25, 0.3) is 0 Å². The van der Waals surface area contributed by atoms with Gasteiger partial charge < -0.3 is 9.47 Å². The summed E-state index contributed by atoms with van der Waals surface area (Å²) in [7, 11) is 3.23. The molecule has 1 heterocycles. The van der Waals surface area contributed by atoms with Crippen molar-refractivity contribution in [1.82, 2.24) is 9.78 Å². The molecule has 1 atom stereocenters. The van der Waals surface area contributed by atoms with Crippen LogP contribution >= 0.6 is 11.6 Å². The number of ether oxygens (including phenoxy) is 2. The van der Waals surface area contributed by atoms with Gasteiger partial charge in [0.05, 0.1) is 36.9 Å². The molecule has 5 nitrogen and oxygen atoms in total. The van der Waals surface area contributed by atoms with Gasteiger partial charge in [-0.25, -0.2) is 4.68 Å². The van der Waals surface area contributed by atoms with Crippen LogP contribution in [-0.4, -0.2) is 29.8 Å². The largest absolute Gasteiger partial charge is 0.493 e. The van der Waals surface area contributed by atoms with Crippen molar-refractivity contribution in [3.05, 3.63) is 70.0 Å². The van der Waals surface area contributed by atoms with Crippen molar-refractivity contribution in [3.63, 3.8) is 0 Å². The van der Waals surface area contributed by atoms with Crippen LogP contribution in [0.1, 0.15) is 39.6 Å². The summed E-state index contributed by atoms with van der Waals surface area (Å²) >= 11 is 6.02. The fraction of sp³-hybridized carbons (Fsp3) is 0.273. The molecule has 0 unspecified atom stereocenters. The minimum Gasteiger partial charge on any atom is -0.493 e. The molecule has 1 aliphatic rings. The number of nitrogens with zero attached hydrogens (tertiary/aromatic N) is 2. The van der Waals surface area contributed by atoms with Gasteiger partial charge in [-0.05, 0) is 61.2 Å². The molecule has 0 spiro atoms. The minimum absolute atomic E-state index is 0.0574. The molecule has 4 rings (SSSR count). The van der Waals surface area contributed by atoms with E-state index in [-0.39, 0.29) is 11.7 Å². The summed E-state index contributed by atoms with van der Waals surface area (Å²) in [5, 5.41) is 5.31. The maximum absolute atomic E-state index is 12.9. The van der Waals surface area contributed by atoms with E-state index >= 15 is 0 Å². The molecule has 0 aliphatic heterocycles. The summed E-state index contributed by atoms with van der Waals surface area (Å²) in [6.07, 6.45) is 1.18. The fourth-order valence-corrected chi connectivity index (χ4v) is 4.02. The number of aryl methyl sites for hydroxylation is 1. The van der Waals surface area contributed by atoms with Crippen molar-refractivity contribution >= 4 is 17.4 Å². The number of fused-ring (bicyclic) bond motifs is 1. The number of ketones is 1. The zero-order valence-electron chi connectivity index (χ0n) is 16.0. The molecular weight excluding hydrogens is 376 g/mol. The molecule has 3 aromatic rings. The predicted molar refractivity (Wildman–Crippen MR) is 108 cm³/mol. The number of carbonyl (C=O) groups is 1. The smallest absolute Gasteiger partial charge is 0.167 e. The van der Waals surface area contributed by atoms with Crippen molar-refractivity contribution < 1.29 is 14.3 Å². The maximum Gasteiger partial charge on any atom is 0.167 e. The van der Waals surface area contributed by atoms with Crippen LogP contribution in [0.5, 0.6) is 11.5 Å².